The van der Waals surface area contributed by atoms with E-state index in [9.17, 15) is 0 Å². The molecule has 0 nitrogen and oxygen atoms in total. The molecule has 0 saturated carbocycles. The first-order chi connectivity index (χ1) is 8.14. The second-order valence-electron chi connectivity index (χ2n) is 7.25. The summed E-state index contributed by atoms with van der Waals surface area (Å²) in [5.41, 5.74) is 4.74. The van der Waals surface area contributed by atoms with Crippen LogP contribution in [0, 0.1) is 0 Å². The molecule has 18 heavy (non-hydrogen) atoms. The van der Waals surface area contributed by atoms with E-state index in [0.717, 1.165) is 12.8 Å². The van der Waals surface area contributed by atoms with E-state index in [0.29, 0.717) is 0 Å². The van der Waals surface area contributed by atoms with Crippen LogP contribution in [-0.4, -0.2) is 0 Å². The van der Waals surface area contributed by atoms with Crippen LogP contribution in [-0.2, 0) is 17.3 Å². The van der Waals surface area contributed by atoms with Crippen molar-refractivity contribution < 1.29 is 0 Å². The Balaban J connectivity index is 3.24. The molecule has 0 unspecified atom stereocenters. The van der Waals surface area contributed by atoms with Gasteiger partial charge in [-0.05, 0) is 40.4 Å². The summed E-state index contributed by atoms with van der Waals surface area (Å²) in [6, 6.07) is 7.09. The summed E-state index contributed by atoms with van der Waals surface area (Å²) in [4.78, 5) is 0. The van der Waals surface area contributed by atoms with Gasteiger partial charge in [0.15, 0.2) is 0 Å². The molecule has 1 rings (SSSR count). The smallest absolute Gasteiger partial charge is 0.0132 e. The van der Waals surface area contributed by atoms with Crippen molar-refractivity contribution in [2.45, 2.75) is 65.2 Å². The molecule has 1 aromatic carbocycles. The first-order valence-electron chi connectivity index (χ1n) is 6.90. The van der Waals surface area contributed by atoms with Crippen LogP contribution in [0.3, 0.4) is 0 Å². The summed E-state index contributed by atoms with van der Waals surface area (Å²) in [5.74, 6) is 0. The number of benzene rings is 1. The molecule has 0 fully saturated rings. The van der Waals surface area contributed by atoms with Crippen molar-refractivity contribution >= 4 is 0 Å². The molecule has 0 heterocycles. The fraction of sp³-hybridized carbons (Fsp3) is 0.556. The third-order valence-corrected chi connectivity index (χ3v) is 3.36. The number of aryl methyl sites for hydroxylation is 1. The van der Waals surface area contributed by atoms with Gasteiger partial charge in [-0.1, -0.05) is 65.8 Å². The lowest BCUT2D eigenvalue weighted by Gasteiger charge is -2.26. The zero-order chi connectivity index (χ0) is 14.0. The van der Waals surface area contributed by atoms with Gasteiger partial charge in [0.05, 0.1) is 0 Å². The highest BCUT2D eigenvalue weighted by Gasteiger charge is 2.20. The zero-order valence-electron chi connectivity index (χ0n) is 12.9. The maximum absolute atomic E-state index is 3.82. The fourth-order valence-corrected chi connectivity index (χ4v) is 1.97. The van der Waals surface area contributed by atoms with E-state index in [4.69, 9.17) is 0 Å². The van der Waals surface area contributed by atoms with E-state index in [1.807, 2.05) is 6.08 Å². The molecule has 0 aliphatic rings. The van der Waals surface area contributed by atoms with Crippen LogP contribution in [0.25, 0.3) is 0 Å². The summed E-state index contributed by atoms with van der Waals surface area (Å²) < 4.78 is 0. The van der Waals surface area contributed by atoms with Crippen molar-refractivity contribution in [3.8, 4) is 0 Å². The van der Waals surface area contributed by atoms with Crippen LogP contribution < -0.4 is 0 Å². The SMILES string of the molecule is C=CCCc1cc(C(C)(C)C)cc(C(C)(C)C)c1. The highest BCUT2D eigenvalue weighted by atomic mass is 14.2. The molecular formula is C18H28. The number of allylic oxidation sites excluding steroid dienone is 1. The summed E-state index contributed by atoms with van der Waals surface area (Å²) in [7, 11) is 0. The van der Waals surface area contributed by atoms with Crippen LogP contribution in [0.2, 0.25) is 0 Å². The predicted octanol–water partition coefficient (Wildman–Crippen LogP) is 5.40. The van der Waals surface area contributed by atoms with Crippen molar-refractivity contribution in [3.63, 3.8) is 0 Å². The van der Waals surface area contributed by atoms with Crippen LogP contribution in [0.5, 0.6) is 0 Å². The molecule has 1 aromatic rings. The Hall–Kier alpha value is -1.04. The Morgan fingerprint density at radius 3 is 1.67 bits per heavy atom. The van der Waals surface area contributed by atoms with Gasteiger partial charge in [0.1, 0.15) is 0 Å². The van der Waals surface area contributed by atoms with Crippen LogP contribution >= 0.6 is 0 Å². The van der Waals surface area contributed by atoms with Crippen LogP contribution in [0.15, 0.2) is 30.9 Å². The summed E-state index contributed by atoms with van der Waals surface area (Å²) >= 11 is 0. The average molecular weight is 244 g/mol. The van der Waals surface area contributed by atoms with Gasteiger partial charge in [-0.15, -0.1) is 6.58 Å². The van der Waals surface area contributed by atoms with Gasteiger partial charge < -0.3 is 0 Å². The minimum Gasteiger partial charge on any atom is -0.103 e. The van der Waals surface area contributed by atoms with Gasteiger partial charge in [0.2, 0.25) is 0 Å². The fourth-order valence-electron chi connectivity index (χ4n) is 1.97. The first kappa shape index (κ1) is 15.0. The van der Waals surface area contributed by atoms with Gasteiger partial charge in [0.25, 0.3) is 0 Å². The van der Waals surface area contributed by atoms with Crippen LogP contribution in [0.1, 0.15) is 64.7 Å². The molecule has 0 aliphatic heterocycles. The van der Waals surface area contributed by atoms with Crippen molar-refractivity contribution in [1.29, 1.82) is 0 Å². The highest BCUT2D eigenvalue weighted by molar-refractivity contribution is 5.37. The molecule has 0 amide bonds. The predicted molar refractivity (Wildman–Crippen MR) is 82.4 cm³/mol. The van der Waals surface area contributed by atoms with E-state index in [2.05, 4.69) is 66.3 Å². The van der Waals surface area contributed by atoms with Crippen molar-refractivity contribution in [1.82, 2.24) is 0 Å². The summed E-state index contributed by atoms with van der Waals surface area (Å²) in [6.45, 7) is 17.5. The summed E-state index contributed by atoms with van der Waals surface area (Å²) in [5, 5.41) is 0. The minimum absolute atomic E-state index is 0.212. The molecule has 0 atom stereocenters. The monoisotopic (exact) mass is 244 g/mol. The van der Waals surface area contributed by atoms with Gasteiger partial charge in [-0.2, -0.15) is 0 Å². The topological polar surface area (TPSA) is 0 Å². The minimum atomic E-state index is 0.212. The molecule has 0 heteroatoms. The van der Waals surface area contributed by atoms with Gasteiger partial charge in [-0.25, -0.2) is 0 Å². The number of hydrogen-bond donors (Lipinski definition) is 0. The number of rotatable bonds is 3. The Morgan fingerprint density at radius 2 is 1.33 bits per heavy atom. The van der Waals surface area contributed by atoms with E-state index >= 15 is 0 Å². The van der Waals surface area contributed by atoms with Crippen molar-refractivity contribution in [2.75, 3.05) is 0 Å². The highest BCUT2D eigenvalue weighted by Crippen LogP contribution is 2.30. The molecule has 0 aromatic heterocycles. The molecular weight excluding hydrogens is 216 g/mol. The maximum atomic E-state index is 3.82. The quantitative estimate of drug-likeness (QED) is 0.624. The Bertz CT molecular complexity index is 378. The second kappa shape index (κ2) is 5.30. The summed E-state index contributed by atoms with van der Waals surface area (Å²) in [6.07, 6.45) is 4.15. The zero-order valence-corrected chi connectivity index (χ0v) is 12.9. The average Bonchev–Trinajstić information content (AvgIpc) is 2.23. The second-order valence-corrected chi connectivity index (χ2v) is 7.25. The molecule has 0 radical (unpaired) electrons. The third kappa shape index (κ3) is 4.01. The lowest BCUT2D eigenvalue weighted by atomic mass is 9.79. The molecule has 0 aliphatic carbocycles. The Labute approximate surface area is 113 Å². The maximum Gasteiger partial charge on any atom is -0.0132 e. The normalized spacial score (nSPS) is 12.6. The first-order valence-corrected chi connectivity index (χ1v) is 6.90. The van der Waals surface area contributed by atoms with Gasteiger partial charge >= 0.3 is 0 Å². The van der Waals surface area contributed by atoms with E-state index < -0.39 is 0 Å². The van der Waals surface area contributed by atoms with E-state index in [-0.39, 0.29) is 10.8 Å². The van der Waals surface area contributed by atoms with Crippen LogP contribution in [0.4, 0.5) is 0 Å². The molecule has 0 spiro atoms. The third-order valence-electron chi connectivity index (χ3n) is 3.36. The Kier molecular flexibility index (Phi) is 4.42. The lowest BCUT2D eigenvalue weighted by molar-refractivity contribution is 0.566. The van der Waals surface area contributed by atoms with Gasteiger partial charge in [0, 0.05) is 0 Å². The molecule has 0 saturated heterocycles. The molecule has 0 bridgehead atoms. The Morgan fingerprint density at radius 1 is 0.889 bits per heavy atom. The largest absolute Gasteiger partial charge is 0.103 e. The lowest BCUT2D eigenvalue weighted by Crippen LogP contribution is -2.17. The van der Waals surface area contributed by atoms with Crippen molar-refractivity contribution in [2.24, 2.45) is 0 Å². The molecule has 100 valence electrons. The van der Waals surface area contributed by atoms with Crippen molar-refractivity contribution in [3.05, 3.63) is 47.5 Å². The van der Waals surface area contributed by atoms with E-state index in [1.165, 1.54) is 16.7 Å². The standard InChI is InChI=1S/C18H28/c1-8-9-10-14-11-15(17(2,3)4)13-16(12-14)18(5,6)7/h8,11-13H,1,9-10H2,2-7H3. The van der Waals surface area contributed by atoms with E-state index in [1.54, 1.807) is 0 Å². The molecule has 0 N–H and O–H groups in total. The number of hydrogen-bond acceptors (Lipinski definition) is 0. The van der Waals surface area contributed by atoms with Gasteiger partial charge in [-0.3, -0.25) is 0 Å².